The maximum Gasteiger partial charge on any atom is 0.259 e. The van der Waals surface area contributed by atoms with Gasteiger partial charge < -0.3 is 14.7 Å². The first kappa shape index (κ1) is 20.7. The minimum absolute atomic E-state index is 0.221. The van der Waals surface area contributed by atoms with Crippen molar-refractivity contribution in [3.05, 3.63) is 70.2 Å². The highest BCUT2D eigenvalue weighted by atomic mass is 32.1. The number of fused-ring (bicyclic) bond motifs is 1. The first-order valence-electron chi connectivity index (χ1n) is 9.76. The number of nitrogens with zero attached hydrogens (tertiary/aromatic N) is 3. The fourth-order valence-electron chi connectivity index (χ4n) is 3.37. The van der Waals surface area contributed by atoms with E-state index in [1.54, 1.807) is 38.4 Å². The van der Waals surface area contributed by atoms with Gasteiger partial charge in [-0.1, -0.05) is 35.5 Å². The average Bonchev–Trinajstić information content (AvgIpc) is 3.37. The molecule has 0 saturated heterocycles. The zero-order valence-electron chi connectivity index (χ0n) is 17.7. The number of likely N-dealkylation sites (N-methyl/N-ethyl adjacent to an activating group) is 1. The summed E-state index contributed by atoms with van der Waals surface area (Å²) in [5.41, 5.74) is 2.56. The van der Waals surface area contributed by atoms with E-state index in [0.717, 1.165) is 9.75 Å². The van der Waals surface area contributed by atoms with Crippen molar-refractivity contribution in [2.24, 2.45) is 0 Å². The van der Waals surface area contributed by atoms with Gasteiger partial charge in [0.05, 0.1) is 27.2 Å². The molecule has 0 aliphatic rings. The number of carbonyl (C=O) groups excluding carboxylic acids is 2. The van der Waals surface area contributed by atoms with Crippen LogP contribution in [0.15, 0.2) is 53.1 Å². The predicted octanol–water partition coefficient (Wildman–Crippen LogP) is 4.13. The molecule has 0 spiro atoms. The molecule has 4 rings (SSSR count). The summed E-state index contributed by atoms with van der Waals surface area (Å²) in [6.07, 6.45) is 0. The number of carbonyl (C=O) groups is 2. The number of nitrogens with one attached hydrogen (secondary N) is 1. The van der Waals surface area contributed by atoms with Crippen LogP contribution in [0, 0.1) is 13.8 Å². The first-order chi connectivity index (χ1) is 14.8. The fraction of sp³-hybridized carbons (Fsp3) is 0.217. The van der Waals surface area contributed by atoms with E-state index in [9.17, 15) is 9.59 Å². The Morgan fingerprint density at radius 3 is 2.48 bits per heavy atom. The topological polar surface area (TPSA) is 88.3 Å². The summed E-state index contributed by atoms with van der Waals surface area (Å²) in [5.74, 6) is -0.613. The zero-order chi connectivity index (χ0) is 22.1. The predicted molar refractivity (Wildman–Crippen MR) is 120 cm³/mol. The molecule has 1 atom stereocenters. The van der Waals surface area contributed by atoms with Crippen molar-refractivity contribution < 1.29 is 14.1 Å². The lowest BCUT2D eigenvalue weighted by atomic mass is 10.0. The van der Waals surface area contributed by atoms with Crippen LogP contribution in [0.1, 0.15) is 32.5 Å². The van der Waals surface area contributed by atoms with E-state index in [0.29, 0.717) is 33.6 Å². The van der Waals surface area contributed by atoms with Crippen molar-refractivity contribution in [1.82, 2.24) is 20.4 Å². The van der Waals surface area contributed by atoms with Crippen molar-refractivity contribution in [3.8, 4) is 10.6 Å². The Hall–Kier alpha value is -3.52. The second-order valence-electron chi connectivity index (χ2n) is 7.46. The number of thiophene rings is 1. The molecule has 2 amide bonds. The lowest BCUT2D eigenvalue weighted by Crippen LogP contribution is -2.40. The van der Waals surface area contributed by atoms with Gasteiger partial charge in [-0.25, -0.2) is 4.98 Å². The monoisotopic (exact) mass is 434 g/mol. The van der Waals surface area contributed by atoms with Crippen LogP contribution < -0.4 is 5.32 Å². The zero-order valence-corrected chi connectivity index (χ0v) is 18.5. The summed E-state index contributed by atoms with van der Waals surface area (Å²) in [6, 6.07) is 14.0. The summed E-state index contributed by atoms with van der Waals surface area (Å²) in [5, 5.41) is 7.43. The third-order valence-corrected chi connectivity index (χ3v) is 5.97. The lowest BCUT2D eigenvalue weighted by Gasteiger charge is -2.22. The van der Waals surface area contributed by atoms with E-state index < -0.39 is 11.9 Å². The molecule has 7 nitrogen and oxygen atoms in total. The van der Waals surface area contributed by atoms with Gasteiger partial charge in [0.15, 0.2) is 0 Å². The quantitative estimate of drug-likeness (QED) is 0.510. The summed E-state index contributed by atoms with van der Waals surface area (Å²) in [6.45, 7) is 3.77. The van der Waals surface area contributed by atoms with Gasteiger partial charge in [-0.3, -0.25) is 9.59 Å². The van der Waals surface area contributed by atoms with Gasteiger partial charge in [-0.05, 0) is 37.6 Å². The van der Waals surface area contributed by atoms with Crippen molar-refractivity contribution in [3.63, 3.8) is 0 Å². The van der Waals surface area contributed by atoms with Crippen LogP contribution in [0.2, 0.25) is 0 Å². The maximum absolute atomic E-state index is 13.4. The van der Waals surface area contributed by atoms with Crippen LogP contribution in [0.4, 0.5) is 0 Å². The third-order valence-electron chi connectivity index (χ3n) is 4.95. The largest absolute Gasteiger partial charge is 0.347 e. The molecule has 0 unspecified atom stereocenters. The highest BCUT2D eigenvalue weighted by Crippen LogP contribution is 2.31. The molecule has 0 fully saturated rings. The van der Waals surface area contributed by atoms with E-state index in [4.69, 9.17) is 4.52 Å². The molecule has 0 aliphatic carbocycles. The molecule has 8 heteroatoms. The summed E-state index contributed by atoms with van der Waals surface area (Å²) in [4.78, 5) is 34.4. The number of rotatable bonds is 5. The summed E-state index contributed by atoms with van der Waals surface area (Å²) < 4.78 is 5.37. The number of hydrogen-bond donors (Lipinski definition) is 1. The average molecular weight is 435 g/mol. The molecule has 1 aromatic carbocycles. The second-order valence-corrected chi connectivity index (χ2v) is 8.75. The van der Waals surface area contributed by atoms with Crippen LogP contribution in [0.25, 0.3) is 21.7 Å². The molecule has 1 N–H and O–H groups in total. The van der Waals surface area contributed by atoms with Gasteiger partial charge in [-0.15, -0.1) is 11.3 Å². The number of amides is 2. The molecule has 31 heavy (non-hydrogen) atoms. The van der Waals surface area contributed by atoms with E-state index in [-0.39, 0.29) is 5.91 Å². The molecule has 3 aromatic heterocycles. The molecule has 158 valence electrons. The molecular formula is C23H22N4O3S. The second kappa shape index (κ2) is 8.31. The number of benzene rings is 1. The van der Waals surface area contributed by atoms with Gasteiger partial charge >= 0.3 is 0 Å². The van der Waals surface area contributed by atoms with Gasteiger partial charge in [-0.2, -0.15) is 0 Å². The molecule has 3 heterocycles. The Morgan fingerprint density at radius 1 is 1.10 bits per heavy atom. The highest BCUT2D eigenvalue weighted by Gasteiger charge is 2.27. The number of aromatic nitrogens is 2. The van der Waals surface area contributed by atoms with Gasteiger partial charge in [0.25, 0.3) is 11.6 Å². The Kier molecular flexibility index (Phi) is 5.56. The van der Waals surface area contributed by atoms with Crippen LogP contribution in [0.3, 0.4) is 0 Å². The van der Waals surface area contributed by atoms with Gasteiger partial charge in [0, 0.05) is 19.0 Å². The van der Waals surface area contributed by atoms with Crippen molar-refractivity contribution in [1.29, 1.82) is 0 Å². The molecule has 0 bridgehead atoms. The van der Waals surface area contributed by atoms with Crippen LogP contribution in [0.5, 0.6) is 0 Å². The highest BCUT2D eigenvalue weighted by molar-refractivity contribution is 7.15. The van der Waals surface area contributed by atoms with Crippen LogP contribution in [-0.2, 0) is 4.79 Å². The molecule has 0 radical (unpaired) electrons. The van der Waals surface area contributed by atoms with E-state index >= 15 is 0 Å². The number of pyridine rings is 1. The smallest absolute Gasteiger partial charge is 0.259 e. The number of hydrogen-bond acceptors (Lipinski definition) is 6. The van der Waals surface area contributed by atoms with Crippen LogP contribution in [-0.4, -0.2) is 41.0 Å². The van der Waals surface area contributed by atoms with E-state index in [2.05, 4.69) is 15.5 Å². The number of aryl methyl sites for hydroxylation is 2. The first-order valence-corrected chi connectivity index (χ1v) is 10.6. The Bertz CT molecular complexity index is 1260. The third kappa shape index (κ3) is 4.06. The fourth-order valence-corrected chi connectivity index (χ4v) is 4.20. The molecule has 0 saturated carbocycles. The minimum atomic E-state index is -0.820. The van der Waals surface area contributed by atoms with Gasteiger partial charge in [0.2, 0.25) is 5.91 Å². The SMILES string of the molecule is Cc1ccc(-c2cc(C(=O)N[C@@H](C(=O)N(C)C)c3ccccc3)c3c(C)noc3n2)s1. The van der Waals surface area contributed by atoms with Crippen molar-refractivity contribution >= 4 is 34.3 Å². The van der Waals surface area contributed by atoms with E-state index in [1.165, 1.54) is 4.90 Å². The maximum atomic E-state index is 13.4. The minimum Gasteiger partial charge on any atom is -0.347 e. The van der Waals surface area contributed by atoms with Crippen LogP contribution >= 0.6 is 11.3 Å². The van der Waals surface area contributed by atoms with Crippen molar-refractivity contribution in [2.45, 2.75) is 19.9 Å². The molecule has 4 aromatic rings. The molecular weight excluding hydrogens is 412 g/mol. The Balaban J connectivity index is 1.78. The summed E-state index contributed by atoms with van der Waals surface area (Å²) >= 11 is 1.58. The van der Waals surface area contributed by atoms with E-state index in [1.807, 2.05) is 49.4 Å². The lowest BCUT2D eigenvalue weighted by molar-refractivity contribution is -0.130. The molecule has 0 aliphatic heterocycles. The van der Waals surface area contributed by atoms with Gasteiger partial charge in [0.1, 0.15) is 6.04 Å². The summed E-state index contributed by atoms with van der Waals surface area (Å²) in [7, 11) is 3.33. The Morgan fingerprint density at radius 2 is 1.84 bits per heavy atom. The normalized spacial score (nSPS) is 12.0. The van der Waals surface area contributed by atoms with Crippen molar-refractivity contribution in [2.75, 3.05) is 14.1 Å². The Labute approximate surface area is 183 Å². The standard InChI is InChI=1S/C23H22N4O3S/c1-13-10-11-18(31-13)17-12-16(19-14(2)26-30-22(19)24-17)21(28)25-20(23(29)27(3)4)15-8-6-5-7-9-15/h5-12,20H,1-4H3,(H,25,28)/t20-/m1/s1.